The summed E-state index contributed by atoms with van der Waals surface area (Å²) in [6, 6.07) is 1.23. The Morgan fingerprint density at radius 2 is 2.00 bits per heavy atom. The summed E-state index contributed by atoms with van der Waals surface area (Å²) >= 11 is 0. The van der Waals surface area contributed by atoms with Crippen LogP contribution >= 0.6 is 0 Å². The van der Waals surface area contributed by atoms with E-state index in [9.17, 15) is 18.4 Å². The van der Waals surface area contributed by atoms with Crippen molar-refractivity contribution in [3.05, 3.63) is 23.8 Å². The molecule has 0 spiro atoms. The van der Waals surface area contributed by atoms with Crippen LogP contribution in [0.3, 0.4) is 0 Å². The Bertz CT molecular complexity index is 605. The Kier molecular flexibility index (Phi) is 4.63. The summed E-state index contributed by atoms with van der Waals surface area (Å²) in [5, 5.41) is 2.78. The van der Waals surface area contributed by atoms with Crippen molar-refractivity contribution in [3.63, 3.8) is 0 Å². The Morgan fingerprint density at radius 1 is 1.36 bits per heavy atom. The van der Waals surface area contributed by atoms with Gasteiger partial charge in [0.1, 0.15) is 12.6 Å². The fourth-order valence-corrected chi connectivity index (χ4v) is 2.12. The molecule has 0 saturated carbocycles. The van der Waals surface area contributed by atoms with Crippen molar-refractivity contribution in [1.29, 1.82) is 0 Å². The molecular weight excluding hydrogens is 294 g/mol. The number of ether oxygens (including phenoxy) is 1. The summed E-state index contributed by atoms with van der Waals surface area (Å²) in [6.07, 6.45) is 0. The highest BCUT2D eigenvalue weighted by molar-refractivity contribution is 6.07. The maximum Gasteiger partial charge on any atom is 0.326 e. The molecule has 1 amide bonds. The number of carbonyl (C=O) groups excluding carboxylic acids is 2. The lowest BCUT2D eigenvalue weighted by atomic mass is 10.1. The second kappa shape index (κ2) is 6.29. The van der Waals surface area contributed by atoms with Crippen LogP contribution in [0.5, 0.6) is 0 Å². The second-order valence-corrected chi connectivity index (χ2v) is 5.65. The molecule has 0 radical (unpaired) electrons. The first-order valence-corrected chi connectivity index (χ1v) is 7.02. The largest absolute Gasteiger partial charge is 0.464 e. The van der Waals surface area contributed by atoms with Crippen LogP contribution in [-0.2, 0) is 14.3 Å². The molecule has 1 N–H and O–H groups in total. The highest BCUT2D eigenvalue weighted by Gasteiger charge is 2.32. The summed E-state index contributed by atoms with van der Waals surface area (Å²) in [6.45, 7) is 5.26. The van der Waals surface area contributed by atoms with Gasteiger partial charge in [-0.1, -0.05) is 13.8 Å². The molecule has 0 fully saturated rings. The fourth-order valence-electron chi connectivity index (χ4n) is 2.12. The van der Waals surface area contributed by atoms with Crippen LogP contribution in [0.25, 0.3) is 0 Å². The van der Waals surface area contributed by atoms with Gasteiger partial charge in [-0.25, -0.2) is 8.78 Å². The standard InChI is InChI=1S/C15H18F2N2O3/c1-8(2)7-22-14(20)6-19-13-5-11(17)10(16)4-12(13)18-9(3)15(19)21/h4-5,8-9,18H,6-7H2,1-3H3. The molecule has 5 nitrogen and oxygen atoms in total. The van der Waals surface area contributed by atoms with Gasteiger partial charge in [0.25, 0.3) is 0 Å². The van der Waals surface area contributed by atoms with Crippen LogP contribution in [0.4, 0.5) is 20.2 Å². The number of halogens is 2. The van der Waals surface area contributed by atoms with E-state index in [0.29, 0.717) is 0 Å². The number of nitrogens with zero attached hydrogens (tertiary/aromatic N) is 1. The molecule has 2 rings (SSSR count). The zero-order chi connectivity index (χ0) is 16.4. The summed E-state index contributed by atoms with van der Waals surface area (Å²) in [4.78, 5) is 25.1. The normalized spacial score (nSPS) is 17.3. The first-order chi connectivity index (χ1) is 10.3. The van der Waals surface area contributed by atoms with E-state index in [1.807, 2.05) is 13.8 Å². The molecule has 1 heterocycles. The van der Waals surface area contributed by atoms with Crippen molar-refractivity contribution in [2.75, 3.05) is 23.4 Å². The van der Waals surface area contributed by atoms with Crippen molar-refractivity contribution in [3.8, 4) is 0 Å². The van der Waals surface area contributed by atoms with Gasteiger partial charge in [0.15, 0.2) is 11.6 Å². The smallest absolute Gasteiger partial charge is 0.326 e. The third-order valence-corrected chi connectivity index (χ3v) is 3.20. The van der Waals surface area contributed by atoms with E-state index < -0.39 is 29.6 Å². The molecule has 1 aliphatic rings. The monoisotopic (exact) mass is 312 g/mol. The van der Waals surface area contributed by atoms with Gasteiger partial charge in [0.2, 0.25) is 5.91 Å². The molecule has 1 atom stereocenters. The van der Waals surface area contributed by atoms with Crippen LogP contribution in [0, 0.1) is 17.6 Å². The van der Waals surface area contributed by atoms with Crippen molar-refractivity contribution < 1.29 is 23.1 Å². The minimum absolute atomic E-state index is 0.128. The van der Waals surface area contributed by atoms with E-state index in [1.165, 1.54) is 0 Å². The molecule has 1 aromatic rings. The highest BCUT2D eigenvalue weighted by atomic mass is 19.2. The number of esters is 1. The zero-order valence-corrected chi connectivity index (χ0v) is 12.7. The van der Waals surface area contributed by atoms with E-state index in [4.69, 9.17) is 4.74 Å². The molecule has 0 saturated heterocycles. The third-order valence-electron chi connectivity index (χ3n) is 3.20. The topological polar surface area (TPSA) is 58.6 Å². The number of carbonyl (C=O) groups is 2. The Balaban J connectivity index is 2.25. The van der Waals surface area contributed by atoms with Gasteiger partial charge < -0.3 is 10.1 Å². The summed E-state index contributed by atoms with van der Waals surface area (Å²) in [5.41, 5.74) is 0.395. The first kappa shape index (κ1) is 16.2. The maximum atomic E-state index is 13.4. The molecule has 1 unspecified atom stereocenters. The van der Waals surface area contributed by atoms with Gasteiger partial charge in [0.05, 0.1) is 18.0 Å². The van der Waals surface area contributed by atoms with Gasteiger partial charge in [0, 0.05) is 12.1 Å². The second-order valence-electron chi connectivity index (χ2n) is 5.65. The van der Waals surface area contributed by atoms with E-state index in [0.717, 1.165) is 17.0 Å². The minimum Gasteiger partial charge on any atom is -0.464 e. The molecular formula is C15H18F2N2O3. The van der Waals surface area contributed by atoms with Gasteiger partial charge in [-0.2, -0.15) is 0 Å². The Morgan fingerprint density at radius 3 is 2.64 bits per heavy atom. The lowest BCUT2D eigenvalue weighted by Gasteiger charge is -2.33. The van der Waals surface area contributed by atoms with Crippen LogP contribution in [-0.4, -0.2) is 31.1 Å². The molecule has 1 aromatic carbocycles. The first-order valence-electron chi connectivity index (χ1n) is 7.02. The summed E-state index contributed by atoms with van der Waals surface area (Å²) in [5.74, 6) is -2.93. The summed E-state index contributed by atoms with van der Waals surface area (Å²) in [7, 11) is 0. The number of fused-ring (bicyclic) bond motifs is 1. The Hall–Kier alpha value is -2.18. The van der Waals surface area contributed by atoms with Gasteiger partial charge in [-0.3, -0.25) is 14.5 Å². The maximum absolute atomic E-state index is 13.4. The number of amides is 1. The molecule has 1 aliphatic heterocycles. The van der Waals surface area contributed by atoms with Gasteiger partial charge in [-0.05, 0) is 12.8 Å². The van der Waals surface area contributed by atoms with Gasteiger partial charge >= 0.3 is 5.97 Å². The third kappa shape index (κ3) is 3.35. The number of rotatable bonds is 4. The molecule has 120 valence electrons. The summed E-state index contributed by atoms with van der Waals surface area (Å²) < 4.78 is 31.8. The number of benzene rings is 1. The van der Waals surface area contributed by atoms with Crippen molar-refractivity contribution >= 4 is 23.3 Å². The lowest BCUT2D eigenvalue weighted by molar-refractivity contribution is -0.144. The average Bonchev–Trinajstić information content (AvgIpc) is 2.44. The van der Waals surface area contributed by atoms with E-state index in [2.05, 4.69) is 5.32 Å². The van der Waals surface area contributed by atoms with E-state index in [1.54, 1.807) is 6.92 Å². The van der Waals surface area contributed by atoms with E-state index >= 15 is 0 Å². The van der Waals surface area contributed by atoms with Crippen LogP contribution in [0.2, 0.25) is 0 Å². The number of anilines is 2. The average molecular weight is 312 g/mol. The SMILES string of the molecule is CC(C)COC(=O)CN1C(=O)C(C)Nc2cc(F)c(F)cc21. The quantitative estimate of drug-likeness (QED) is 0.867. The number of hydrogen-bond acceptors (Lipinski definition) is 4. The Labute approximate surface area is 127 Å². The molecule has 0 bridgehead atoms. The van der Waals surface area contributed by atoms with Crippen LogP contribution in [0.1, 0.15) is 20.8 Å². The molecule has 22 heavy (non-hydrogen) atoms. The lowest BCUT2D eigenvalue weighted by Crippen LogP contribution is -2.48. The predicted octanol–water partition coefficient (Wildman–Crippen LogP) is 2.31. The minimum atomic E-state index is -1.08. The number of nitrogens with one attached hydrogen (secondary N) is 1. The predicted molar refractivity (Wildman–Crippen MR) is 77.6 cm³/mol. The van der Waals surface area contributed by atoms with E-state index in [-0.39, 0.29) is 30.4 Å². The van der Waals surface area contributed by atoms with Crippen LogP contribution in [0.15, 0.2) is 12.1 Å². The fraction of sp³-hybridized carbons (Fsp3) is 0.467. The molecule has 0 aromatic heterocycles. The number of hydrogen-bond donors (Lipinski definition) is 1. The van der Waals surface area contributed by atoms with Crippen molar-refractivity contribution in [2.45, 2.75) is 26.8 Å². The van der Waals surface area contributed by atoms with Gasteiger partial charge in [-0.15, -0.1) is 0 Å². The molecule has 0 aliphatic carbocycles. The van der Waals surface area contributed by atoms with Crippen molar-refractivity contribution in [1.82, 2.24) is 0 Å². The molecule has 7 heteroatoms. The van der Waals surface area contributed by atoms with Crippen LogP contribution < -0.4 is 10.2 Å². The highest BCUT2D eigenvalue weighted by Crippen LogP contribution is 2.33. The zero-order valence-electron chi connectivity index (χ0n) is 12.7. The van der Waals surface area contributed by atoms with Crippen molar-refractivity contribution in [2.24, 2.45) is 5.92 Å².